The summed E-state index contributed by atoms with van der Waals surface area (Å²) < 4.78 is 0. The van der Waals surface area contributed by atoms with E-state index in [4.69, 9.17) is 0 Å². The smallest absolute Gasteiger partial charge is 0.234 e. The molecular formula is C17H24N4O. The van der Waals surface area contributed by atoms with E-state index in [2.05, 4.69) is 52.4 Å². The normalized spacial score (nSPS) is 19.1. The van der Waals surface area contributed by atoms with Crippen molar-refractivity contribution >= 4 is 16.8 Å². The van der Waals surface area contributed by atoms with E-state index < -0.39 is 0 Å². The number of likely N-dealkylation sites (tertiary alicyclic amines) is 1. The average Bonchev–Trinajstić information content (AvgIpc) is 3.13. The second kappa shape index (κ2) is 6.50. The van der Waals surface area contributed by atoms with Crippen LogP contribution in [0.4, 0.5) is 0 Å². The predicted octanol–water partition coefficient (Wildman–Crippen LogP) is 1.42. The van der Waals surface area contributed by atoms with Crippen molar-refractivity contribution < 1.29 is 4.79 Å². The molecule has 2 heterocycles. The SMILES string of the molecule is CN(C)C1CCN(CC(=O)NCc2ccc3cc[nH]c3c2)C1. The Morgan fingerprint density at radius 2 is 2.27 bits per heavy atom. The van der Waals surface area contributed by atoms with Crippen LogP contribution >= 0.6 is 0 Å². The molecule has 1 aromatic heterocycles. The molecule has 1 fully saturated rings. The molecule has 0 bridgehead atoms. The van der Waals surface area contributed by atoms with Gasteiger partial charge in [0.2, 0.25) is 5.91 Å². The highest BCUT2D eigenvalue weighted by Crippen LogP contribution is 2.14. The number of carbonyl (C=O) groups is 1. The highest BCUT2D eigenvalue weighted by Gasteiger charge is 2.24. The van der Waals surface area contributed by atoms with Gasteiger partial charge in [0.05, 0.1) is 6.54 Å². The molecule has 0 radical (unpaired) electrons. The second-order valence-corrected chi connectivity index (χ2v) is 6.32. The number of nitrogens with zero attached hydrogens (tertiary/aromatic N) is 2. The molecule has 1 unspecified atom stereocenters. The monoisotopic (exact) mass is 300 g/mol. The quantitative estimate of drug-likeness (QED) is 0.878. The maximum absolute atomic E-state index is 12.1. The molecule has 0 saturated carbocycles. The Balaban J connectivity index is 1.48. The molecular weight excluding hydrogens is 276 g/mol. The maximum Gasteiger partial charge on any atom is 0.234 e. The summed E-state index contributed by atoms with van der Waals surface area (Å²) in [7, 11) is 4.20. The minimum Gasteiger partial charge on any atom is -0.361 e. The zero-order valence-electron chi connectivity index (χ0n) is 13.3. The lowest BCUT2D eigenvalue weighted by Crippen LogP contribution is -2.38. The van der Waals surface area contributed by atoms with Crippen molar-refractivity contribution in [3.63, 3.8) is 0 Å². The van der Waals surface area contributed by atoms with Crippen LogP contribution in [0.3, 0.4) is 0 Å². The molecule has 3 rings (SSSR count). The van der Waals surface area contributed by atoms with E-state index in [0.717, 1.165) is 30.6 Å². The van der Waals surface area contributed by atoms with Gasteiger partial charge in [0.15, 0.2) is 0 Å². The first kappa shape index (κ1) is 15.1. The van der Waals surface area contributed by atoms with Crippen LogP contribution in [0.25, 0.3) is 10.9 Å². The highest BCUT2D eigenvalue weighted by atomic mass is 16.2. The number of H-pyrrole nitrogens is 1. The Kier molecular flexibility index (Phi) is 4.45. The van der Waals surface area contributed by atoms with Gasteiger partial charge in [-0.1, -0.05) is 12.1 Å². The van der Waals surface area contributed by atoms with E-state index in [0.29, 0.717) is 19.1 Å². The summed E-state index contributed by atoms with van der Waals surface area (Å²) in [6.45, 7) is 3.06. The van der Waals surface area contributed by atoms with Crippen LogP contribution in [0.1, 0.15) is 12.0 Å². The zero-order valence-corrected chi connectivity index (χ0v) is 13.3. The van der Waals surface area contributed by atoms with Gasteiger partial charge < -0.3 is 15.2 Å². The lowest BCUT2D eigenvalue weighted by atomic mass is 10.1. The van der Waals surface area contributed by atoms with Gasteiger partial charge in [-0.3, -0.25) is 9.69 Å². The fraction of sp³-hybridized carbons (Fsp3) is 0.471. The van der Waals surface area contributed by atoms with E-state index in [1.165, 1.54) is 5.39 Å². The second-order valence-electron chi connectivity index (χ2n) is 6.32. The summed E-state index contributed by atoms with van der Waals surface area (Å²) in [5.74, 6) is 0.103. The van der Waals surface area contributed by atoms with Gasteiger partial charge in [-0.15, -0.1) is 0 Å². The fourth-order valence-electron chi connectivity index (χ4n) is 3.04. The van der Waals surface area contributed by atoms with Crippen LogP contribution in [0, 0.1) is 0 Å². The molecule has 0 aliphatic carbocycles. The first-order chi connectivity index (χ1) is 10.6. The fourth-order valence-corrected chi connectivity index (χ4v) is 3.04. The van der Waals surface area contributed by atoms with Crippen LogP contribution in [-0.2, 0) is 11.3 Å². The van der Waals surface area contributed by atoms with E-state index >= 15 is 0 Å². The molecule has 5 heteroatoms. The highest BCUT2D eigenvalue weighted by molar-refractivity contribution is 5.80. The molecule has 1 aliphatic rings. The number of rotatable bonds is 5. The predicted molar refractivity (Wildman–Crippen MR) is 88.7 cm³/mol. The third-order valence-corrected chi connectivity index (χ3v) is 4.45. The minimum atomic E-state index is 0.103. The summed E-state index contributed by atoms with van der Waals surface area (Å²) in [6.07, 6.45) is 3.07. The zero-order chi connectivity index (χ0) is 15.5. The van der Waals surface area contributed by atoms with E-state index in [-0.39, 0.29) is 5.91 Å². The topological polar surface area (TPSA) is 51.4 Å². The van der Waals surface area contributed by atoms with Crippen molar-refractivity contribution in [1.29, 1.82) is 0 Å². The number of aromatic nitrogens is 1. The number of aromatic amines is 1. The van der Waals surface area contributed by atoms with E-state index in [1.54, 1.807) is 0 Å². The molecule has 0 spiro atoms. The molecule has 1 amide bonds. The van der Waals surface area contributed by atoms with Gasteiger partial charge in [0.25, 0.3) is 0 Å². The van der Waals surface area contributed by atoms with Gasteiger partial charge in [-0.05, 0) is 43.6 Å². The minimum absolute atomic E-state index is 0.103. The van der Waals surface area contributed by atoms with Crippen molar-refractivity contribution in [3.05, 3.63) is 36.0 Å². The molecule has 1 saturated heterocycles. The van der Waals surface area contributed by atoms with Crippen LogP contribution < -0.4 is 5.32 Å². The first-order valence-electron chi connectivity index (χ1n) is 7.83. The third-order valence-electron chi connectivity index (χ3n) is 4.45. The van der Waals surface area contributed by atoms with Crippen molar-refractivity contribution in [3.8, 4) is 0 Å². The Morgan fingerprint density at radius 3 is 3.05 bits per heavy atom. The van der Waals surface area contributed by atoms with Crippen LogP contribution in [0.5, 0.6) is 0 Å². The van der Waals surface area contributed by atoms with E-state index in [9.17, 15) is 4.79 Å². The number of carbonyl (C=O) groups excluding carboxylic acids is 1. The Labute approximate surface area is 131 Å². The lowest BCUT2D eigenvalue weighted by Gasteiger charge is -2.20. The molecule has 118 valence electrons. The maximum atomic E-state index is 12.1. The Morgan fingerprint density at radius 1 is 1.41 bits per heavy atom. The number of hydrogen-bond acceptors (Lipinski definition) is 3. The number of hydrogen-bond donors (Lipinski definition) is 2. The number of amides is 1. The van der Waals surface area contributed by atoms with Gasteiger partial charge in [-0.2, -0.15) is 0 Å². The molecule has 1 aromatic carbocycles. The average molecular weight is 300 g/mol. The van der Waals surface area contributed by atoms with Crippen molar-refractivity contribution in [1.82, 2.24) is 20.1 Å². The Bertz CT molecular complexity index is 649. The number of likely N-dealkylation sites (N-methyl/N-ethyl adjacent to an activating group) is 1. The van der Waals surface area contributed by atoms with Crippen molar-refractivity contribution in [2.45, 2.75) is 19.0 Å². The molecule has 1 aliphatic heterocycles. The third kappa shape index (κ3) is 3.48. The first-order valence-corrected chi connectivity index (χ1v) is 7.83. The summed E-state index contributed by atoms with van der Waals surface area (Å²) in [5, 5.41) is 4.21. The molecule has 2 aromatic rings. The largest absolute Gasteiger partial charge is 0.361 e. The number of benzene rings is 1. The summed E-state index contributed by atoms with van der Waals surface area (Å²) in [6, 6.07) is 8.85. The van der Waals surface area contributed by atoms with Gasteiger partial charge in [-0.25, -0.2) is 0 Å². The molecule has 2 N–H and O–H groups in total. The standard InChI is InChI=1S/C17H24N4O/c1-20(2)15-6-8-21(11-15)12-17(22)19-10-13-3-4-14-5-7-18-16(14)9-13/h3-5,7,9,15,18H,6,8,10-12H2,1-2H3,(H,19,22). The van der Waals surface area contributed by atoms with Gasteiger partial charge in [0, 0.05) is 37.4 Å². The van der Waals surface area contributed by atoms with Gasteiger partial charge >= 0.3 is 0 Å². The summed E-state index contributed by atoms with van der Waals surface area (Å²) in [4.78, 5) is 19.8. The Hall–Kier alpha value is -1.85. The van der Waals surface area contributed by atoms with E-state index in [1.807, 2.05) is 12.3 Å². The number of nitrogens with one attached hydrogen (secondary N) is 2. The molecule has 1 atom stereocenters. The van der Waals surface area contributed by atoms with Crippen LogP contribution in [-0.4, -0.2) is 60.5 Å². The van der Waals surface area contributed by atoms with Crippen LogP contribution in [0.15, 0.2) is 30.5 Å². The lowest BCUT2D eigenvalue weighted by molar-refractivity contribution is -0.122. The summed E-state index contributed by atoms with van der Waals surface area (Å²) >= 11 is 0. The number of fused-ring (bicyclic) bond motifs is 1. The summed E-state index contributed by atoms with van der Waals surface area (Å²) in [5.41, 5.74) is 2.23. The van der Waals surface area contributed by atoms with Crippen molar-refractivity contribution in [2.24, 2.45) is 0 Å². The van der Waals surface area contributed by atoms with Crippen LogP contribution in [0.2, 0.25) is 0 Å². The molecule has 5 nitrogen and oxygen atoms in total. The van der Waals surface area contributed by atoms with Gasteiger partial charge in [0.1, 0.15) is 0 Å². The molecule has 22 heavy (non-hydrogen) atoms. The van der Waals surface area contributed by atoms with Crippen molar-refractivity contribution in [2.75, 3.05) is 33.7 Å².